The molecular weight excluding hydrogens is 447 g/mol. The fourth-order valence-corrected chi connectivity index (χ4v) is 3.61. The quantitative estimate of drug-likeness (QED) is 0.339. The van der Waals surface area contributed by atoms with Crippen LogP contribution in [0.2, 0.25) is 0 Å². The number of rotatable bonds is 5. The Morgan fingerprint density at radius 3 is 2.09 bits per heavy atom. The van der Waals surface area contributed by atoms with Crippen LogP contribution in [-0.2, 0) is 0 Å². The molecule has 9 heteroatoms. The SMILES string of the molecule is O=C(NNC(=O)c1cn[nH]c1-c1ccc(F)cc1)c1cn(-c2ccccc2)nc1-c1ccccc1. The third-order valence-electron chi connectivity index (χ3n) is 5.33. The molecule has 0 bridgehead atoms. The van der Waals surface area contributed by atoms with Crippen molar-refractivity contribution in [2.24, 2.45) is 0 Å². The van der Waals surface area contributed by atoms with Crippen molar-refractivity contribution >= 4 is 11.8 Å². The van der Waals surface area contributed by atoms with Crippen LogP contribution in [0.5, 0.6) is 0 Å². The van der Waals surface area contributed by atoms with Crippen molar-refractivity contribution in [3.05, 3.63) is 114 Å². The Hall–Kier alpha value is -5.05. The van der Waals surface area contributed by atoms with Gasteiger partial charge in [0.2, 0.25) is 0 Å². The summed E-state index contributed by atoms with van der Waals surface area (Å²) in [6, 6.07) is 24.3. The van der Waals surface area contributed by atoms with E-state index >= 15 is 0 Å². The molecule has 3 N–H and O–H groups in total. The Morgan fingerprint density at radius 2 is 1.40 bits per heavy atom. The van der Waals surface area contributed by atoms with E-state index in [0.717, 1.165) is 11.3 Å². The molecule has 2 heterocycles. The van der Waals surface area contributed by atoms with Gasteiger partial charge in [-0.15, -0.1) is 0 Å². The summed E-state index contributed by atoms with van der Waals surface area (Å²) in [6.07, 6.45) is 2.95. The maximum absolute atomic E-state index is 13.3. The minimum atomic E-state index is -0.580. The van der Waals surface area contributed by atoms with Crippen LogP contribution in [0, 0.1) is 5.82 Å². The van der Waals surface area contributed by atoms with Crippen molar-refractivity contribution in [3.8, 4) is 28.2 Å². The molecule has 0 aliphatic heterocycles. The minimum absolute atomic E-state index is 0.195. The lowest BCUT2D eigenvalue weighted by atomic mass is 10.1. The number of carbonyl (C=O) groups excluding carboxylic acids is 2. The second-order valence-corrected chi connectivity index (χ2v) is 7.61. The molecule has 0 spiro atoms. The number of benzene rings is 3. The number of hydrogen-bond acceptors (Lipinski definition) is 4. The van der Waals surface area contributed by atoms with Crippen LogP contribution in [0.15, 0.2) is 97.3 Å². The number of H-pyrrole nitrogens is 1. The molecule has 3 aromatic carbocycles. The van der Waals surface area contributed by atoms with E-state index in [-0.39, 0.29) is 11.1 Å². The number of hydrogen-bond donors (Lipinski definition) is 3. The van der Waals surface area contributed by atoms with Gasteiger partial charge in [0, 0.05) is 17.3 Å². The summed E-state index contributed by atoms with van der Waals surface area (Å²) in [5.74, 6) is -1.51. The molecule has 5 aromatic rings. The lowest BCUT2D eigenvalue weighted by Crippen LogP contribution is -2.41. The maximum Gasteiger partial charge on any atom is 0.273 e. The van der Waals surface area contributed by atoms with Gasteiger partial charge in [-0.05, 0) is 36.4 Å². The largest absolute Gasteiger partial charge is 0.277 e. The Kier molecular flexibility index (Phi) is 5.87. The highest BCUT2D eigenvalue weighted by Crippen LogP contribution is 2.24. The predicted molar refractivity (Wildman–Crippen MR) is 128 cm³/mol. The van der Waals surface area contributed by atoms with Crippen molar-refractivity contribution < 1.29 is 14.0 Å². The molecule has 0 radical (unpaired) electrons. The molecule has 2 amide bonds. The van der Waals surface area contributed by atoms with Gasteiger partial charge in [0.25, 0.3) is 11.8 Å². The Morgan fingerprint density at radius 1 is 0.771 bits per heavy atom. The molecule has 35 heavy (non-hydrogen) atoms. The minimum Gasteiger partial charge on any atom is -0.277 e. The summed E-state index contributed by atoms with van der Waals surface area (Å²) in [4.78, 5) is 25.9. The van der Waals surface area contributed by atoms with Crippen LogP contribution in [0.1, 0.15) is 20.7 Å². The summed E-state index contributed by atoms with van der Waals surface area (Å²) >= 11 is 0. The van der Waals surface area contributed by atoms with Gasteiger partial charge < -0.3 is 0 Å². The van der Waals surface area contributed by atoms with Crippen LogP contribution in [0.3, 0.4) is 0 Å². The number of amides is 2. The molecular formula is C26H19FN6O2. The maximum atomic E-state index is 13.3. The lowest BCUT2D eigenvalue weighted by molar-refractivity contribution is 0.0847. The predicted octanol–water partition coefficient (Wildman–Crippen LogP) is 4.14. The average molecular weight is 466 g/mol. The van der Waals surface area contributed by atoms with Crippen molar-refractivity contribution in [2.75, 3.05) is 0 Å². The Balaban J connectivity index is 1.39. The number of para-hydroxylation sites is 1. The number of nitrogens with zero attached hydrogens (tertiary/aromatic N) is 3. The molecule has 5 rings (SSSR count). The van der Waals surface area contributed by atoms with Gasteiger partial charge in [-0.3, -0.25) is 25.5 Å². The fourth-order valence-electron chi connectivity index (χ4n) is 3.61. The number of hydrazine groups is 1. The molecule has 0 aliphatic rings. The van der Waals surface area contributed by atoms with E-state index in [2.05, 4.69) is 26.1 Å². The van der Waals surface area contributed by atoms with E-state index in [9.17, 15) is 14.0 Å². The summed E-state index contributed by atoms with van der Waals surface area (Å²) in [5.41, 5.74) is 8.35. The van der Waals surface area contributed by atoms with Crippen molar-refractivity contribution in [1.29, 1.82) is 0 Å². The first-order valence-electron chi connectivity index (χ1n) is 10.7. The highest BCUT2D eigenvalue weighted by atomic mass is 19.1. The van der Waals surface area contributed by atoms with E-state index in [1.165, 1.54) is 30.5 Å². The van der Waals surface area contributed by atoms with Gasteiger partial charge in [-0.25, -0.2) is 9.07 Å². The first-order valence-corrected chi connectivity index (χ1v) is 10.7. The second kappa shape index (κ2) is 9.44. The first kappa shape index (κ1) is 21.8. The summed E-state index contributed by atoms with van der Waals surface area (Å²) in [6.45, 7) is 0. The topological polar surface area (TPSA) is 105 Å². The van der Waals surface area contributed by atoms with Crippen molar-refractivity contribution in [3.63, 3.8) is 0 Å². The lowest BCUT2D eigenvalue weighted by Gasteiger charge is -2.08. The molecule has 0 saturated heterocycles. The third-order valence-corrected chi connectivity index (χ3v) is 5.33. The van der Waals surface area contributed by atoms with Gasteiger partial charge in [-0.2, -0.15) is 10.2 Å². The van der Waals surface area contributed by atoms with Crippen LogP contribution in [-0.4, -0.2) is 31.8 Å². The van der Waals surface area contributed by atoms with Crippen LogP contribution >= 0.6 is 0 Å². The normalized spacial score (nSPS) is 10.7. The van der Waals surface area contributed by atoms with E-state index in [1.54, 1.807) is 10.9 Å². The van der Waals surface area contributed by atoms with E-state index in [4.69, 9.17) is 0 Å². The van der Waals surface area contributed by atoms with Crippen molar-refractivity contribution in [1.82, 2.24) is 30.8 Å². The van der Waals surface area contributed by atoms with Gasteiger partial charge in [-0.1, -0.05) is 48.5 Å². The zero-order valence-electron chi connectivity index (χ0n) is 18.3. The zero-order valence-corrected chi connectivity index (χ0v) is 18.3. The van der Waals surface area contributed by atoms with E-state index in [0.29, 0.717) is 17.0 Å². The average Bonchev–Trinajstić information content (AvgIpc) is 3.57. The number of carbonyl (C=O) groups is 2. The molecule has 8 nitrogen and oxygen atoms in total. The first-order chi connectivity index (χ1) is 17.1. The fraction of sp³-hybridized carbons (Fsp3) is 0. The number of nitrogens with one attached hydrogen (secondary N) is 3. The van der Waals surface area contributed by atoms with Crippen LogP contribution in [0.4, 0.5) is 4.39 Å². The highest BCUT2D eigenvalue weighted by molar-refractivity contribution is 6.04. The molecule has 0 saturated carbocycles. The molecule has 0 aliphatic carbocycles. The van der Waals surface area contributed by atoms with Crippen LogP contribution in [0.25, 0.3) is 28.2 Å². The Labute approximate surface area is 199 Å². The summed E-state index contributed by atoms with van der Waals surface area (Å²) in [5, 5.41) is 11.3. The number of halogens is 1. The monoisotopic (exact) mass is 466 g/mol. The van der Waals surface area contributed by atoms with Gasteiger partial charge in [0.05, 0.1) is 28.7 Å². The summed E-state index contributed by atoms with van der Waals surface area (Å²) in [7, 11) is 0. The molecule has 0 unspecified atom stereocenters. The highest BCUT2D eigenvalue weighted by Gasteiger charge is 2.21. The van der Waals surface area contributed by atoms with Gasteiger partial charge in [0.1, 0.15) is 11.5 Å². The van der Waals surface area contributed by atoms with Gasteiger partial charge in [0.15, 0.2) is 0 Å². The van der Waals surface area contributed by atoms with E-state index < -0.39 is 17.6 Å². The standard InChI is InChI=1S/C26H19FN6O2/c27-19-13-11-18(12-14-19)23-21(15-28-29-23)25(34)30-31-26(35)22-16-33(20-9-5-2-6-10-20)32-24(22)17-7-3-1-4-8-17/h1-16H,(H,28,29)(H,30,34)(H,31,35). The zero-order chi connectivity index (χ0) is 24.2. The smallest absolute Gasteiger partial charge is 0.273 e. The third kappa shape index (κ3) is 4.55. The van der Waals surface area contributed by atoms with Crippen LogP contribution < -0.4 is 10.9 Å². The Bertz CT molecular complexity index is 1480. The molecule has 2 aromatic heterocycles. The van der Waals surface area contributed by atoms with Gasteiger partial charge >= 0.3 is 0 Å². The molecule has 172 valence electrons. The number of aromatic amines is 1. The summed E-state index contributed by atoms with van der Waals surface area (Å²) < 4.78 is 14.9. The van der Waals surface area contributed by atoms with E-state index in [1.807, 2.05) is 60.7 Å². The number of aromatic nitrogens is 4. The van der Waals surface area contributed by atoms with Crippen molar-refractivity contribution in [2.45, 2.75) is 0 Å². The molecule has 0 atom stereocenters. The molecule has 0 fully saturated rings. The second-order valence-electron chi connectivity index (χ2n) is 7.61.